The number of nitrogens with one attached hydrogen (secondary N) is 2. The summed E-state index contributed by atoms with van der Waals surface area (Å²) in [5, 5.41) is 24.7. The third kappa shape index (κ3) is 6.23. The first kappa shape index (κ1) is 15.6. The van der Waals surface area contributed by atoms with E-state index in [4.69, 9.17) is 5.11 Å². The Morgan fingerprint density at radius 1 is 1.38 bits per heavy atom. The molecule has 0 bridgehead atoms. The van der Waals surface area contributed by atoms with Crippen molar-refractivity contribution in [2.75, 3.05) is 26.3 Å². The lowest BCUT2D eigenvalue weighted by Crippen LogP contribution is -2.48. The third-order valence-corrected chi connectivity index (χ3v) is 2.77. The van der Waals surface area contributed by atoms with E-state index in [0.29, 0.717) is 0 Å². The van der Waals surface area contributed by atoms with Gasteiger partial charge in [0.05, 0.1) is 13.2 Å². The van der Waals surface area contributed by atoms with Gasteiger partial charge >= 0.3 is 0 Å². The molecule has 0 amide bonds. The summed E-state index contributed by atoms with van der Waals surface area (Å²) in [6, 6.07) is 0.168. The zero-order chi connectivity index (χ0) is 12.4. The highest BCUT2D eigenvalue weighted by molar-refractivity contribution is 4.89. The molecule has 0 rings (SSSR count). The van der Waals surface area contributed by atoms with Gasteiger partial charge in [0.1, 0.15) is 0 Å². The van der Waals surface area contributed by atoms with E-state index < -0.39 is 0 Å². The second kappa shape index (κ2) is 8.70. The smallest absolute Gasteiger partial charge is 0.0613 e. The van der Waals surface area contributed by atoms with Crippen molar-refractivity contribution in [1.82, 2.24) is 10.6 Å². The Morgan fingerprint density at radius 2 is 2.06 bits per heavy atom. The molecule has 0 heterocycles. The number of aliphatic hydroxyl groups is 2. The lowest BCUT2D eigenvalue weighted by atomic mass is 9.99. The summed E-state index contributed by atoms with van der Waals surface area (Å²) in [6.45, 7) is 9.50. The fourth-order valence-corrected chi connectivity index (χ4v) is 1.49. The molecule has 96 valence electrons. The molecule has 0 saturated carbocycles. The maximum absolute atomic E-state index is 9.25. The standard InChI is InChI=1S/C12H26N2O2/c1-4-6-12(3,10-16)14-8-7-13-11(5-2)9-15/h4,11,13-16H,1,5-10H2,2-3H3/t11-,12-/m0/s1. The van der Waals surface area contributed by atoms with E-state index in [1.54, 1.807) is 6.08 Å². The van der Waals surface area contributed by atoms with Crippen LogP contribution in [-0.2, 0) is 0 Å². The summed E-state index contributed by atoms with van der Waals surface area (Å²) in [6.07, 6.45) is 3.46. The van der Waals surface area contributed by atoms with Gasteiger partial charge in [0, 0.05) is 24.7 Å². The maximum atomic E-state index is 9.25. The van der Waals surface area contributed by atoms with Crippen molar-refractivity contribution in [3.05, 3.63) is 12.7 Å². The summed E-state index contributed by atoms with van der Waals surface area (Å²) in [7, 11) is 0. The van der Waals surface area contributed by atoms with Crippen LogP contribution in [0.4, 0.5) is 0 Å². The lowest BCUT2D eigenvalue weighted by Gasteiger charge is -2.28. The Kier molecular flexibility index (Phi) is 8.47. The third-order valence-electron chi connectivity index (χ3n) is 2.77. The first-order chi connectivity index (χ1) is 7.61. The van der Waals surface area contributed by atoms with Crippen molar-refractivity contribution < 1.29 is 10.2 Å². The van der Waals surface area contributed by atoms with Crippen LogP contribution in [0, 0.1) is 0 Å². The van der Waals surface area contributed by atoms with Crippen LogP contribution in [0.25, 0.3) is 0 Å². The van der Waals surface area contributed by atoms with E-state index in [1.807, 2.05) is 13.8 Å². The van der Waals surface area contributed by atoms with Gasteiger partial charge in [-0.1, -0.05) is 13.0 Å². The minimum Gasteiger partial charge on any atom is -0.395 e. The normalized spacial score (nSPS) is 16.8. The minimum absolute atomic E-state index is 0.0935. The predicted octanol–water partition coefficient (Wildman–Crippen LogP) is 0.264. The molecule has 0 fully saturated rings. The van der Waals surface area contributed by atoms with Gasteiger partial charge in [-0.3, -0.25) is 0 Å². The van der Waals surface area contributed by atoms with Crippen LogP contribution in [0.3, 0.4) is 0 Å². The molecule has 0 unspecified atom stereocenters. The number of aliphatic hydroxyl groups excluding tert-OH is 2. The zero-order valence-electron chi connectivity index (χ0n) is 10.5. The Balaban J connectivity index is 3.74. The predicted molar refractivity (Wildman–Crippen MR) is 67.5 cm³/mol. The van der Waals surface area contributed by atoms with Crippen LogP contribution in [0.15, 0.2) is 12.7 Å². The van der Waals surface area contributed by atoms with Gasteiger partial charge in [0.15, 0.2) is 0 Å². The summed E-state index contributed by atoms with van der Waals surface area (Å²) in [5.74, 6) is 0. The fourth-order valence-electron chi connectivity index (χ4n) is 1.49. The molecule has 4 nitrogen and oxygen atoms in total. The highest BCUT2D eigenvalue weighted by atomic mass is 16.3. The summed E-state index contributed by atoms with van der Waals surface area (Å²) in [5.41, 5.74) is -0.287. The topological polar surface area (TPSA) is 64.5 Å². The molecule has 0 radical (unpaired) electrons. The molecule has 2 atom stereocenters. The van der Waals surface area contributed by atoms with E-state index in [1.165, 1.54) is 0 Å². The number of rotatable bonds is 10. The molecular formula is C12H26N2O2. The van der Waals surface area contributed by atoms with Crippen molar-refractivity contribution in [3.8, 4) is 0 Å². The van der Waals surface area contributed by atoms with Gasteiger partial charge < -0.3 is 20.8 Å². The monoisotopic (exact) mass is 230 g/mol. The molecule has 4 N–H and O–H groups in total. The molecule has 0 saturated heterocycles. The molecule has 0 aliphatic carbocycles. The van der Waals surface area contributed by atoms with Crippen molar-refractivity contribution in [2.24, 2.45) is 0 Å². The average molecular weight is 230 g/mol. The van der Waals surface area contributed by atoms with Crippen LogP contribution >= 0.6 is 0 Å². The van der Waals surface area contributed by atoms with E-state index in [2.05, 4.69) is 17.2 Å². The van der Waals surface area contributed by atoms with Gasteiger partial charge in [0.2, 0.25) is 0 Å². The minimum atomic E-state index is -0.287. The number of hydrogen-bond acceptors (Lipinski definition) is 4. The second-order valence-electron chi connectivity index (χ2n) is 4.38. The largest absolute Gasteiger partial charge is 0.395 e. The van der Waals surface area contributed by atoms with E-state index in [-0.39, 0.29) is 24.8 Å². The lowest BCUT2D eigenvalue weighted by molar-refractivity contribution is 0.175. The van der Waals surface area contributed by atoms with Gasteiger partial charge in [-0.25, -0.2) is 0 Å². The number of hydrogen-bond donors (Lipinski definition) is 4. The van der Waals surface area contributed by atoms with E-state index in [0.717, 1.165) is 25.9 Å². The van der Waals surface area contributed by atoms with Crippen molar-refractivity contribution in [2.45, 2.75) is 38.3 Å². The van der Waals surface area contributed by atoms with Crippen molar-refractivity contribution in [3.63, 3.8) is 0 Å². The highest BCUT2D eigenvalue weighted by Gasteiger charge is 2.20. The van der Waals surface area contributed by atoms with Crippen LogP contribution in [0.5, 0.6) is 0 Å². The summed E-state index contributed by atoms with van der Waals surface area (Å²) >= 11 is 0. The molecule has 16 heavy (non-hydrogen) atoms. The molecule has 0 aromatic rings. The first-order valence-electron chi connectivity index (χ1n) is 5.93. The maximum Gasteiger partial charge on any atom is 0.0613 e. The molecule has 0 spiro atoms. The SMILES string of the molecule is C=CC[C@@](C)(CO)NCCN[C@@H](CC)CO. The molecule has 0 aromatic heterocycles. The highest BCUT2D eigenvalue weighted by Crippen LogP contribution is 2.08. The molecule has 0 aromatic carbocycles. The Hall–Kier alpha value is -0.420. The molecule has 0 aliphatic heterocycles. The zero-order valence-corrected chi connectivity index (χ0v) is 10.5. The van der Waals surface area contributed by atoms with Gasteiger partial charge in [-0.2, -0.15) is 0 Å². The Bertz CT molecular complexity index is 184. The van der Waals surface area contributed by atoms with Crippen molar-refractivity contribution in [1.29, 1.82) is 0 Å². The second-order valence-corrected chi connectivity index (χ2v) is 4.38. The van der Waals surface area contributed by atoms with Crippen LogP contribution in [-0.4, -0.2) is 48.1 Å². The average Bonchev–Trinajstić information content (AvgIpc) is 2.30. The first-order valence-corrected chi connectivity index (χ1v) is 5.93. The quantitative estimate of drug-likeness (QED) is 0.321. The molecular weight excluding hydrogens is 204 g/mol. The Morgan fingerprint density at radius 3 is 2.50 bits per heavy atom. The summed E-state index contributed by atoms with van der Waals surface area (Å²) in [4.78, 5) is 0. The molecule has 4 heteroatoms. The van der Waals surface area contributed by atoms with E-state index >= 15 is 0 Å². The van der Waals surface area contributed by atoms with Crippen LogP contribution in [0.2, 0.25) is 0 Å². The van der Waals surface area contributed by atoms with Gasteiger partial charge in [-0.05, 0) is 19.8 Å². The van der Waals surface area contributed by atoms with Crippen LogP contribution in [0.1, 0.15) is 26.7 Å². The van der Waals surface area contributed by atoms with Gasteiger partial charge in [0.25, 0.3) is 0 Å². The van der Waals surface area contributed by atoms with E-state index in [9.17, 15) is 5.11 Å². The van der Waals surface area contributed by atoms with Crippen LogP contribution < -0.4 is 10.6 Å². The van der Waals surface area contributed by atoms with Gasteiger partial charge in [-0.15, -0.1) is 6.58 Å². The Labute approximate surface area is 98.8 Å². The molecule has 0 aliphatic rings. The summed E-state index contributed by atoms with van der Waals surface area (Å²) < 4.78 is 0. The fraction of sp³-hybridized carbons (Fsp3) is 0.833. The van der Waals surface area contributed by atoms with Crippen molar-refractivity contribution >= 4 is 0 Å².